The maximum absolute atomic E-state index is 12.6. The Bertz CT molecular complexity index is 2470. The largest absolute Gasteiger partial charge is 0.460 e. The van der Waals surface area contributed by atoms with E-state index in [0.717, 1.165) is 79.4 Å². The Morgan fingerprint density at radius 1 is 0.384 bits per heavy atom. The number of hydrogen-bond acceptors (Lipinski definition) is 10. The van der Waals surface area contributed by atoms with E-state index in [1.165, 1.54) is 121 Å². The number of carbonyl (C=O) groups excluding carboxylic acids is 5. The molecule has 0 saturated heterocycles. The zero-order chi connectivity index (χ0) is 70.3. The van der Waals surface area contributed by atoms with Crippen LogP contribution in [-0.2, 0) is 47.7 Å². The Kier molecular flexibility index (Phi) is 38.0. The number of hydrogen-bond donors (Lipinski definition) is 0. The van der Waals surface area contributed by atoms with Gasteiger partial charge in [0.05, 0.1) is 28.1 Å². The summed E-state index contributed by atoms with van der Waals surface area (Å²) >= 11 is 0. The van der Waals surface area contributed by atoms with E-state index >= 15 is 0 Å². The molecule has 10 nitrogen and oxygen atoms in total. The quantitative estimate of drug-likeness (QED) is 0.110. The van der Waals surface area contributed by atoms with Gasteiger partial charge in [0, 0.05) is 10.8 Å². The smallest absolute Gasteiger partial charge is 0.312 e. The summed E-state index contributed by atoms with van der Waals surface area (Å²) in [4.78, 5) is 60.0. The number of carbonyl (C=O) groups is 5. The van der Waals surface area contributed by atoms with E-state index in [9.17, 15) is 24.0 Å². The summed E-state index contributed by atoms with van der Waals surface area (Å²) < 4.78 is 28.7. The molecule has 0 aliphatic heterocycles. The van der Waals surface area contributed by atoms with Gasteiger partial charge in [0.1, 0.15) is 28.0 Å². The van der Waals surface area contributed by atoms with Crippen molar-refractivity contribution in [1.82, 2.24) is 0 Å². The van der Waals surface area contributed by atoms with Crippen LogP contribution in [-0.4, -0.2) is 57.9 Å². The predicted octanol–water partition coefficient (Wildman–Crippen LogP) is 25.9. The Balaban J connectivity index is 0. The number of esters is 5. The van der Waals surface area contributed by atoms with E-state index in [1.54, 1.807) is 0 Å². The van der Waals surface area contributed by atoms with Gasteiger partial charge in [0.15, 0.2) is 0 Å². The molecule has 582 valence electrons. The molecule has 12 aliphatic rings. The molecule has 3 unspecified atom stereocenters. The van der Waals surface area contributed by atoms with Crippen LogP contribution >= 0.6 is 0 Å². The molecule has 0 N–H and O–H groups in total. The molecule has 12 aliphatic carbocycles. The minimum Gasteiger partial charge on any atom is -0.460 e. The monoisotopic (exact) mass is 1400 g/mol. The molecule has 1 aromatic carbocycles. The average molecular weight is 1400 g/mol. The van der Waals surface area contributed by atoms with Crippen molar-refractivity contribution in [3.8, 4) is 0 Å². The zero-order valence-corrected chi connectivity index (χ0v) is 64.7. The summed E-state index contributed by atoms with van der Waals surface area (Å²) in [6, 6.07) is 10.6. The summed E-state index contributed by atoms with van der Waals surface area (Å²) in [5, 5.41) is 0. The first kappa shape index (κ1) is 97.6. The van der Waals surface area contributed by atoms with Crippen molar-refractivity contribution < 1.29 is 47.7 Å². The maximum atomic E-state index is 12.6. The van der Waals surface area contributed by atoms with Crippen molar-refractivity contribution in [2.24, 2.45) is 98.1 Å². The first-order valence-electron chi connectivity index (χ1n) is 38.0. The molecule has 0 aromatic heterocycles. The number of benzene rings is 1. The second-order valence-electron chi connectivity index (χ2n) is 37.2. The molecular formula is C89H166O10. The van der Waals surface area contributed by atoms with Crippen LogP contribution in [0.25, 0.3) is 0 Å². The lowest BCUT2D eigenvalue weighted by Crippen LogP contribution is -2.58. The fourth-order valence-electron chi connectivity index (χ4n) is 17.9. The topological polar surface area (TPSA) is 132 Å². The Morgan fingerprint density at radius 2 is 0.667 bits per heavy atom. The molecule has 99 heavy (non-hydrogen) atoms. The standard InChI is InChI=1S/C19H32O2.C18H30O2.C17H28O2.C10H20O2.C10H14.C9H18O2.6CH4/c1-6-17(2,3)16(20)21-18(4,5)19-10-13-7-14(11-19)9-15(8-13)12-19;1-5-12(2)16(19)20-17(3,4)18-9-13-6-14(10-18)8-15(7-13)11-18;1-5-16(2,3)15(18)19-17(4)13-7-11-6-12(9-13)10-14(17)8-11;1-7-10(5,6)8(11)12-9(2,3)4;1-3-9(2)10-7-5-4-6-8-10;1-6-7(2)8(10)11-9(3,4)5;;;;;;/h13-15H,6-12H2,1-5H3;12-15H,5-11H2,1-4H3;11-14H,5-10H2,1-4H3;7H2,1-6H3;4-9H,3H2,1-2H3;7H,6H2,1-5H3;6*1H4. The van der Waals surface area contributed by atoms with Gasteiger partial charge in [0.2, 0.25) is 0 Å². The summed E-state index contributed by atoms with van der Waals surface area (Å²) in [6.45, 7) is 52.6. The highest BCUT2D eigenvalue weighted by Gasteiger charge is 2.61. The van der Waals surface area contributed by atoms with Gasteiger partial charge < -0.3 is 23.7 Å². The van der Waals surface area contributed by atoms with E-state index < -0.39 is 0 Å². The second kappa shape index (κ2) is 38.5. The molecule has 0 amide bonds. The third-order valence-electron chi connectivity index (χ3n) is 25.5. The SMILES string of the molecule is C.C.C.C.C.C.CCC(C)(C)C(=O)OC(C)(C)C.CCC(C)(C)C(=O)OC(C)(C)C12CC3CC(CC(C3)C1)C2.CCC(C)(C)C(=O)OC1(C)C2CC3CC(C2)CC1C3.CCC(C)C(=O)OC(C)(C)C.CCC(C)C(=O)OC(C)(C)C12CC3CC(CC(C3)C1)C2.CCC(C)c1ccccc1. The Hall–Kier alpha value is -3.43. The van der Waals surface area contributed by atoms with Crippen molar-refractivity contribution in [3.63, 3.8) is 0 Å². The van der Waals surface area contributed by atoms with Gasteiger partial charge in [-0.25, -0.2) is 0 Å². The van der Waals surface area contributed by atoms with E-state index in [-0.39, 0.29) is 141 Å². The highest BCUT2D eigenvalue weighted by atomic mass is 16.6. The van der Waals surface area contributed by atoms with Crippen molar-refractivity contribution in [3.05, 3.63) is 35.9 Å². The number of ether oxygens (including phenoxy) is 5. The third-order valence-corrected chi connectivity index (χ3v) is 25.5. The van der Waals surface area contributed by atoms with E-state index in [0.29, 0.717) is 17.8 Å². The van der Waals surface area contributed by atoms with Gasteiger partial charge in [-0.05, 0) is 336 Å². The molecule has 12 bridgehead atoms. The summed E-state index contributed by atoms with van der Waals surface area (Å²) in [6.07, 6.45) is 28.4. The van der Waals surface area contributed by atoms with Gasteiger partial charge in [0.25, 0.3) is 0 Å². The van der Waals surface area contributed by atoms with Crippen LogP contribution in [0, 0.1) is 98.1 Å². The molecule has 0 radical (unpaired) electrons. The minimum absolute atomic E-state index is 0. The molecule has 0 heterocycles. The molecule has 13 rings (SSSR count). The molecule has 10 heteroatoms. The first-order valence-corrected chi connectivity index (χ1v) is 38.0. The van der Waals surface area contributed by atoms with Crippen LogP contribution in [0.3, 0.4) is 0 Å². The van der Waals surface area contributed by atoms with Crippen molar-refractivity contribution in [2.45, 2.75) is 406 Å². The fraction of sp³-hybridized carbons (Fsp3) is 0.876. The lowest BCUT2D eigenvalue weighted by Gasteiger charge is -2.61. The summed E-state index contributed by atoms with van der Waals surface area (Å²) in [5.74, 6) is 9.08. The van der Waals surface area contributed by atoms with Gasteiger partial charge >= 0.3 is 29.8 Å². The first-order chi connectivity index (χ1) is 42.8. The van der Waals surface area contributed by atoms with Crippen LogP contribution in [0.15, 0.2) is 30.3 Å². The van der Waals surface area contributed by atoms with Crippen LogP contribution in [0.5, 0.6) is 0 Å². The normalized spacial score (nSPS) is 29.4. The third kappa shape index (κ3) is 25.4. The van der Waals surface area contributed by atoms with Crippen LogP contribution in [0.1, 0.15) is 384 Å². The molecular weight excluding hydrogens is 1230 g/mol. The maximum Gasteiger partial charge on any atom is 0.312 e. The molecule has 12 saturated carbocycles. The minimum atomic E-state index is -0.372. The Morgan fingerprint density at radius 3 is 0.960 bits per heavy atom. The summed E-state index contributed by atoms with van der Waals surface area (Å²) in [7, 11) is 0. The second-order valence-corrected chi connectivity index (χ2v) is 37.2. The predicted molar refractivity (Wildman–Crippen MR) is 421 cm³/mol. The molecule has 3 atom stereocenters. The lowest BCUT2D eigenvalue weighted by molar-refractivity contribution is -0.211. The van der Waals surface area contributed by atoms with Gasteiger partial charge in [-0.2, -0.15) is 0 Å². The van der Waals surface area contributed by atoms with Crippen molar-refractivity contribution in [2.75, 3.05) is 0 Å². The van der Waals surface area contributed by atoms with E-state index in [1.807, 2.05) is 111 Å². The average Bonchev–Trinajstić information content (AvgIpc) is 0.742. The van der Waals surface area contributed by atoms with Crippen LogP contribution in [0.2, 0.25) is 0 Å². The summed E-state index contributed by atoms with van der Waals surface area (Å²) in [5.41, 5.74) is -0.571. The zero-order valence-electron chi connectivity index (χ0n) is 64.7. The van der Waals surface area contributed by atoms with Gasteiger partial charge in [-0.3, -0.25) is 24.0 Å². The number of rotatable bonds is 17. The highest BCUT2D eigenvalue weighted by Crippen LogP contribution is 2.66. The highest BCUT2D eigenvalue weighted by molar-refractivity contribution is 5.77. The molecule has 0 spiro atoms. The van der Waals surface area contributed by atoms with Crippen molar-refractivity contribution in [1.29, 1.82) is 0 Å². The van der Waals surface area contributed by atoms with Crippen molar-refractivity contribution >= 4 is 29.8 Å². The molecule has 1 aromatic rings. The molecule has 12 fully saturated rings. The van der Waals surface area contributed by atoms with Gasteiger partial charge in [-0.1, -0.05) is 137 Å². The lowest BCUT2D eigenvalue weighted by atomic mass is 9.46. The van der Waals surface area contributed by atoms with Gasteiger partial charge in [-0.15, -0.1) is 0 Å². The Labute approximate surface area is 614 Å². The van der Waals surface area contributed by atoms with Crippen LogP contribution in [0.4, 0.5) is 0 Å². The van der Waals surface area contributed by atoms with Crippen LogP contribution < -0.4 is 0 Å². The fourth-order valence-corrected chi connectivity index (χ4v) is 17.9. The van der Waals surface area contributed by atoms with E-state index in [4.69, 9.17) is 23.7 Å². The van der Waals surface area contributed by atoms with E-state index in [2.05, 4.69) is 99.6 Å².